The first-order valence-corrected chi connectivity index (χ1v) is 11.9. The summed E-state index contributed by atoms with van der Waals surface area (Å²) in [5.74, 6) is 3.90. The van der Waals surface area contributed by atoms with E-state index in [2.05, 4.69) is 32.0 Å². The van der Waals surface area contributed by atoms with Gasteiger partial charge in [-0.1, -0.05) is 43.5 Å². The standard InChI is InChI=1S/C26H40O/c1-3-4-5-14-27-26-13-12-24-17-23(10-11-25(24)18-26)22-9-8-20-15-19(2)6-7-21(20)16-22/h6-7,15,22-26H,3-5,8-14,16-18H2,1-2H3/t22?,23?,24-,25?,26-/m1/s1. The third-order valence-electron chi connectivity index (χ3n) is 8.00. The van der Waals surface area contributed by atoms with Crippen molar-refractivity contribution in [2.24, 2.45) is 23.7 Å². The molecule has 0 heterocycles. The topological polar surface area (TPSA) is 9.23 Å². The fraction of sp³-hybridized carbons (Fsp3) is 0.769. The van der Waals surface area contributed by atoms with Gasteiger partial charge in [0.15, 0.2) is 0 Å². The molecule has 150 valence electrons. The van der Waals surface area contributed by atoms with Crippen LogP contribution in [0.1, 0.15) is 87.8 Å². The normalized spacial score (nSPS) is 33.3. The van der Waals surface area contributed by atoms with Crippen molar-refractivity contribution in [1.82, 2.24) is 0 Å². The molecule has 27 heavy (non-hydrogen) atoms. The van der Waals surface area contributed by atoms with Gasteiger partial charge in [0, 0.05) is 6.61 Å². The van der Waals surface area contributed by atoms with Gasteiger partial charge in [-0.15, -0.1) is 0 Å². The number of hydrogen-bond donors (Lipinski definition) is 0. The number of fused-ring (bicyclic) bond motifs is 2. The Labute approximate surface area is 167 Å². The maximum atomic E-state index is 6.23. The summed E-state index contributed by atoms with van der Waals surface area (Å²) in [6.45, 7) is 5.51. The lowest BCUT2D eigenvalue weighted by atomic mass is 9.62. The first-order chi connectivity index (χ1) is 13.2. The highest BCUT2D eigenvalue weighted by molar-refractivity contribution is 5.33. The van der Waals surface area contributed by atoms with E-state index in [0.717, 1.165) is 30.3 Å². The number of ether oxygens (including phenoxy) is 1. The van der Waals surface area contributed by atoms with E-state index in [-0.39, 0.29) is 0 Å². The Morgan fingerprint density at radius 1 is 0.852 bits per heavy atom. The lowest BCUT2D eigenvalue weighted by Crippen LogP contribution is -2.37. The van der Waals surface area contributed by atoms with Crippen LogP contribution < -0.4 is 0 Å². The Balaban J connectivity index is 1.27. The third-order valence-corrected chi connectivity index (χ3v) is 8.00. The van der Waals surface area contributed by atoms with E-state index in [1.165, 1.54) is 82.6 Å². The van der Waals surface area contributed by atoms with E-state index >= 15 is 0 Å². The molecule has 2 fully saturated rings. The van der Waals surface area contributed by atoms with E-state index in [1.807, 2.05) is 0 Å². The second kappa shape index (κ2) is 9.12. The maximum absolute atomic E-state index is 6.23. The summed E-state index contributed by atoms with van der Waals surface area (Å²) >= 11 is 0. The van der Waals surface area contributed by atoms with Gasteiger partial charge in [-0.25, -0.2) is 0 Å². The van der Waals surface area contributed by atoms with Gasteiger partial charge in [-0.2, -0.15) is 0 Å². The molecule has 0 saturated heterocycles. The Hall–Kier alpha value is -0.820. The molecule has 1 aromatic carbocycles. The molecule has 1 nitrogen and oxygen atoms in total. The van der Waals surface area contributed by atoms with Gasteiger partial charge >= 0.3 is 0 Å². The Morgan fingerprint density at radius 3 is 2.48 bits per heavy atom. The average Bonchev–Trinajstić information content (AvgIpc) is 2.70. The second-order valence-electron chi connectivity index (χ2n) is 9.88. The highest BCUT2D eigenvalue weighted by Crippen LogP contribution is 2.47. The first kappa shape index (κ1) is 19.5. The van der Waals surface area contributed by atoms with E-state index in [1.54, 1.807) is 11.1 Å². The van der Waals surface area contributed by atoms with Gasteiger partial charge < -0.3 is 4.74 Å². The van der Waals surface area contributed by atoms with Crippen molar-refractivity contribution >= 4 is 0 Å². The molecule has 0 bridgehead atoms. The predicted octanol–water partition coefficient (Wildman–Crippen LogP) is 6.89. The minimum atomic E-state index is 0.574. The maximum Gasteiger partial charge on any atom is 0.0578 e. The van der Waals surface area contributed by atoms with Gasteiger partial charge in [0.25, 0.3) is 0 Å². The fourth-order valence-electron chi connectivity index (χ4n) is 6.38. The van der Waals surface area contributed by atoms with E-state index in [9.17, 15) is 0 Å². The molecule has 4 rings (SSSR count). The van der Waals surface area contributed by atoms with Gasteiger partial charge in [0.05, 0.1) is 6.10 Å². The molecule has 0 radical (unpaired) electrons. The number of benzene rings is 1. The van der Waals surface area contributed by atoms with Crippen molar-refractivity contribution in [3.63, 3.8) is 0 Å². The van der Waals surface area contributed by atoms with E-state index in [4.69, 9.17) is 4.74 Å². The van der Waals surface area contributed by atoms with Crippen molar-refractivity contribution in [2.75, 3.05) is 6.61 Å². The highest BCUT2D eigenvalue weighted by atomic mass is 16.5. The van der Waals surface area contributed by atoms with Crippen LogP contribution in [0.5, 0.6) is 0 Å². The van der Waals surface area contributed by atoms with Crippen LogP contribution in [0.4, 0.5) is 0 Å². The zero-order valence-corrected chi connectivity index (χ0v) is 17.7. The Kier molecular flexibility index (Phi) is 6.58. The number of aryl methyl sites for hydroxylation is 2. The van der Waals surface area contributed by atoms with Crippen LogP contribution in [0, 0.1) is 30.6 Å². The highest BCUT2D eigenvalue weighted by Gasteiger charge is 2.38. The van der Waals surface area contributed by atoms with Crippen LogP contribution in [0.25, 0.3) is 0 Å². The minimum absolute atomic E-state index is 0.574. The molecule has 1 aromatic rings. The molecular formula is C26H40O. The average molecular weight is 369 g/mol. The largest absolute Gasteiger partial charge is 0.378 e. The van der Waals surface area contributed by atoms with Crippen molar-refractivity contribution in [2.45, 2.75) is 97.0 Å². The zero-order valence-electron chi connectivity index (χ0n) is 17.7. The Bertz CT molecular complexity index is 606. The fourth-order valence-corrected chi connectivity index (χ4v) is 6.38. The SMILES string of the molecule is CCCCCO[C@@H]1CC[C@@H]2CC(C3CCc4cc(C)ccc4C3)CCC2C1. The lowest BCUT2D eigenvalue weighted by molar-refractivity contribution is -0.0249. The molecule has 0 spiro atoms. The van der Waals surface area contributed by atoms with Gasteiger partial charge in [-0.05, 0) is 106 Å². The summed E-state index contributed by atoms with van der Waals surface area (Å²) in [6.07, 6.45) is 17.1. The number of hydrogen-bond acceptors (Lipinski definition) is 1. The van der Waals surface area contributed by atoms with Crippen molar-refractivity contribution in [3.8, 4) is 0 Å². The van der Waals surface area contributed by atoms with Crippen LogP contribution in [0.3, 0.4) is 0 Å². The molecule has 5 atom stereocenters. The molecule has 3 aliphatic rings. The first-order valence-electron chi connectivity index (χ1n) is 11.9. The Morgan fingerprint density at radius 2 is 1.63 bits per heavy atom. The smallest absolute Gasteiger partial charge is 0.0578 e. The van der Waals surface area contributed by atoms with Crippen LogP contribution in [0.2, 0.25) is 0 Å². The zero-order chi connectivity index (χ0) is 18.6. The molecular weight excluding hydrogens is 328 g/mol. The van der Waals surface area contributed by atoms with Crippen molar-refractivity contribution in [3.05, 3.63) is 34.9 Å². The van der Waals surface area contributed by atoms with Crippen LogP contribution in [0.15, 0.2) is 18.2 Å². The predicted molar refractivity (Wildman–Crippen MR) is 114 cm³/mol. The summed E-state index contributed by atoms with van der Waals surface area (Å²) < 4.78 is 6.23. The summed E-state index contributed by atoms with van der Waals surface area (Å²) in [7, 11) is 0. The van der Waals surface area contributed by atoms with Crippen LogP contribution in [-0.2, 0) is 17.6 Å². The van der Waals surface area contributed by atoms with E-state index in [0.29, 0.717) is 6.10 Å². The summed E-state index contributed by atoms with van der Waals surface area (Å²) in [5, 5.41) is 0. The lowest BCUT2D eigenvalue weighted by Gasteiger charge is -2.45. The molecule has 0 aliphatic heterocycles. The molecule has 3 unspecified atom stereocenters. The quantitative estimate of drug-likeness (QED) is 0.497. The minimum Gasteiger partial charge on any atom is -0.378 e. The van der Waals surface area contributed by atoms with Crippen molar-refractivity contribution < 1.29 is 4.74 Å². The summed E-state index contributed by atoms with van der Waals surface area (Å²) in [4.78, 5) is 0. The van der Waals surface area contributed by atoms with Crippen LogP contribution in [-0.4, -0.2) is 12.7 Å². The van der Waals surface area contributed by atoms with Gasteiger partial charge in [0.1, 0.15) is 0 Å². The molecule has 3 aliphatic carbocycles. The molecule has 1 heteroatoms. The van der Waals surface area contributed by atoms with Gasteiger partial charge in [0.2, 0.25) is 0 Å². The number of rotatable bonds is 6. The molecule has 0 amide bonds. The van der Waals surface area contributed by atoms with E-state index < -0.39 is 0 Å². The molecule has 0 N–H and O–H groups in total. The van der Waals surface area contributed by atoms with Crippen molar-refractivity contribution in [1.29, 1.82) is 0 Å². The summed E-state index contributed by atoms with van der Waals surface area (Å²) in [5.41, 5.74) is 4.73. The molecule has 0 aromatic heterocycles. The summed E-state index contributed by atoms with van der Waals surface area (Å²) in [6, 6.07) is 7.17. The van der Waals surface area contributed by atoms with Gasteiger partial charge in [-0.3, -0.25) is 0 Å². The monoisotopic (exact) mass is 368 g/mol. The molecule has 2 saturated carbocycles. The third kappa shape index (κ3) is 4.78. The van der Waals surface area contributed by atoms with Crippen LogP contribution >= 0.6 is 0 Å². The second-order valence-corrected chi connectivity index (χ2v) is 9.88. The number of unbranched alkanes of at least 4 members (excludes halogenated alkanes) is 2.